The van der Waals surface area contributed by atoms with E-state index >= 15 is 0 Å². The molecular weight excluding hydrogens is 264 g/mol. The molecule has 1 heterocycles. The number of benzene rings is 1. The molecule has 0 unspecified atom stereocenters. The Morgan fingerprint density at radius 1 is 1.37 bits per heavy atom. The molecule has 0 bridgehead atoms. The Balaban J connectivity index is 2.32. The van der Waals surface area contributed by atoms with Crippen molar-refractivity contribution in [1.82, 2.24) is 9.55 Å². The number of aromatic nitrogens is 2. The predicted octanol–water partition coefficient (Wildman–Crippen LogP) is 2.65. The van der Waals surface area contributed by atoms with E-state index in [1.54, 1.807) is 7.11 Å². The van der Waals surface area contributed by atoms with Gasteiger partial charge >= 0.3 is 0 Å². The molecule has 2 aromatic rings. The third-order valence-corrected chi connectivity index (χ3v) is 3.31. The number of aryl methyl sites for hydroxylation is 2. The third-order valence-electron chi connectivity index (χ3n) is 3.08. The SMILES string of the molecule is COCCCn1c(CCCO)nc2ccc(Cl)cc21. The van der Waals surface area contributed by atoms with Gasteiger partial charge in [-0.05, 0) is 31.0 Å². The Bertz CT molecular complexity index is 539. The minimum absolute atomic E-state index is 0.183. The highest BCUT2D eigenvalue weighted by Crippen LogP contribution is 2.22. The normalized spacial score (nSPS) is 11.3. The van der Waals surface area contributed by atoms with Crippen molar-refractivity contribution in [3.63, 3.8) is 0 Å². The van der Waals surface area contributed by atoms with Crippen LogP contribution >= 0.6 is 11.6 Å². The molecule has 0 saturated heterocycles. The molecule has 0 spiro atoms. The van der Waals surface area contributed by atoms with Gasteiger partial charge in [-0.3, -0.25) is 0 Å². The van der Waals surface area contributed by atoms with Crippen molar-refractivity contribution in [3.8, 4) is 0 Å². The smallest absolute Gasteiger partial charge is 0.109 e. The van der Waals surface area contributed by atoms with Crippen molar-refractivity contribution < 1.29 is 9.84 Å². The van der Waals surface area contributed by atoms with Crippen molar-refractivity contribution in [2.45, 2.75) is 25.8 Å². The number of aliphatic hydroxyl groups is 1. The van der Waals surface area contributed by atoms with Crippen LogP contribution in [0.4, 0.5) is 0 Å². The lowest BCUT2D eigenvalue weighted by Crippen LogP contribution is -2.07. The van der Waals surface area contributed by atoms with Gasteiger partial charge in [0.25, 0.3) is 0 Å². The molecule has 0 saturated carbocycles. The number of nitrogens with zero attached hydrogens (tertiary/aromatic N) is 2. The first kappa shape index (κ1) is 14.3. The van der Waals surface area contributed by atoms with E-state index in [1.807, 2.05) is 18.2 Å². The van der Waals surface area contributed by atoms with Gasteiger partial charge in [0.05, 0.1) is 11.0 Å². The van der Waals surface area contributed by atoms with Crippen LogP contribution in [0.3, 0.4) is 0 Å². The first-order valence-electron chi connectivity index (χ1n) is 6.50. The third kappa shape index (κ3) is 3.47. The number of fused-ring (bicyclic) bond motifs is 1. The van der Waals surface area contributed by atoms with E-state index in [0.29, 0.717) is 5.02 Å². The summed E-state index contributed by atoms with van der Waals surface area (Å²) >= 11 is 6.06. The minimum Gasteiger partial charge on any atom is -0.396 e. The van der Waals surface area contributed by atoms with Crippen molar-refractivity contribution in [2.24, 2.45) is 0 Å². The van der Waals surface area contributed by atoms with Crippen molar-refractivity contribution in [1.29, 1.82) is 0 Å². The standard InChI is InChI=1S/C14H19ClN2O2/c1-19-9-3-7-17-13-10-11(15)5-6-12(13)16-14(17)4-2-8-18/h5-6,10,18H,2-4,7-9H2,1H3. The van der Waals surface area contributed by atoms with Crippen molar-refractivity contribution in [2.75, 3.05) is 20.3 Å². The lowest BCUT2D eigenvalue weighted by molar-refractivity contribution is 0.190. The van der Waals surface area contributed by atoms with Gasteiger partial charge in [0.1, 0.15) is 5.82 Å². The van der Waals surface area contributed by atoms with Crippen LogP contribution in [0, 0.1) is 0 Å². The molecule has 4 nitrogen and oxygen atoms in total. The molecule has 0 aliphatic rings. The van der Waals surface area contributed by atoms with Crippen LogP contribution in [0.15, 0.2) is 18.2 Å². The van der Waals surface area contributed by atoms with E-state index in [-0.39, 0.29) is 6.61 Å². The van der Waals surface area contributed by atoms with Gasteiger partial charge in [0, 0.05) is 38.3 Å². The zero-order valence-electron chi connectivity index (χ0n) is 11.1. The molecule has 1 aromatic carbocycles. The van der Waals surface area contributed by atoms with E-state index < -0.39 is 0 Å². The summed E-state index contributed by atoms with van der Waals surface area (Å²) in [5, 5.41) is 9.69. The van der Waals surface area contributed by atoms with Gasteiger partial charge in [-0.15, -0.1) is 0 Å². The number of halogens is 1. The molecule has 0 atom stereocenters. The topological polar surface area (TPSA) is 47.3 Å². The van der Waals surface area contributed by atoms with E-state index in [1.165, 1.54) is 0 Å². The second-order valence-corrected chi connectivity index (χ2v) is 4.92. The van der Waals surface area contributed by atoms with Gasteiger partial charge < -0.3 is 14.4 Å². The minimum atomic E-state index is 0.183. The Hall–Kier alpha value is -1.10. The maximum absolute atomic E-state index is 8.97. The summed E-state index contributed by atoms with van der Waals surface area (Å²) in [5.41, 5.74) is 2.01. The van der Waals surface area contributed by atoms with E-state index in [4.69, 9.17) is 21.4 Å². The first-order valence-corrected chi connectivity index (χ1v) is 6.88. The van der Waals surface area contributed by atoms with Crippen LogP contribution in [0.2, 0.25) is 5.02 Å². The zero-order chi connectivity index (χ0) is 13.7. The second kappa shape index (κ2) is 6.89. The summed E-state index contributed by atoms with van der Waals surface area (Å²) < 4.78 is 7.27. The van der Waals surface area contributed by atoms with E-state index in [0.717, 1.165) is 49.3 Å². The highest BCUT2D eigenvalue weighted by atomic mass is 35.5. The summed E-state index contributed by atoms with van der Waals surface area (Å²) in [5.74, 6) is 1.00. The van der Waals surface area contributed by atoms with Crippen LogP contribution in [0.5, 0.6) is 0 Å². The molecule has 1 aromatic heterocycles. The second-order valence-electron chi connectivity index (χ2n) is 4.49. The number of ether oxygens (including phenoxy) is 1. The summed E-state index contributed by atoms with van der Waals surface area (Å²) in [4.78, 5) is 4.62. The fourth-order valence-electron chi connectivity index (χ4n) is 2.19. The molecular formula is C14H19ClN2O2. The first-order chi connectivity index (χ1) is 9.26. The lowest BCUT2D eigenvalue weighted by Gasteiger charge is -2.08. The van der Waals surface area contributed by atoms with Crippen LogP contribution in [0.25, 0.3) is 11.0 Å². The maximum Gasteiger partial charge on any atom is 0.109 e. The molecule has 5 heteroatoms. The Morgan fingerprint density at radius 2 is 2.21 bits per heavy atom. The largest absolute Gasteiger partial charge is 0.396 e. The number of rotatable bonds is 7. The van der Waals surface area contributed by atoms with Crippen molar-refractivity contribution in [3.05, 3.63) is 29.0 Å². The van der Waals surface area contributed by atoms with Gasteiger partial charge in [0.15, 0.2) is 0 Å². The molecule has 0 aliphatic carbocycles. The highest BCUT2D eigenvalue weighted by molar-refractivity contribution is 6.31. The molecule has 2 rings (SSSR count). The number of imidazole rings is 1. The fourth-order valence-corrected chi connectivity index (χ4v) is 2.36. The fraction of sp³-hybridized carbons (Fsp3) is 0.500. The van der Waals surface area contributed by atoms with Crippen LogP contribution in [0.1, 0.15) is 18.7 Å². The molecule has 0 amide bonds. The molecule has 0 fully saturated rings. The lowest BCUT2D eigenvalue weighted by atomic mass is 10.3. The highest BCUT2D eigenvalue weighted by Gasteiger charge is 2.10. The van der Waals surface area contributed by atoms with Gasteiger partial charge in [0.2, 0.25) is 0 Å². The number of hydrogen-bond acceptors (Lipinski definition) is 3. The number of aliphatic hydroxyl groups excluding tert-OH is 1. The van der Waals surface area contributed by atoms with Gasteiger partial charge in [-0.25, -0.2) is 4.98 Å². The van der Waals surface area contributed by atoms with Crippen LogP contribution in [-0.4, -0.2) is 35.0 Å². The molecule has 1 N–H and O–H groups in total. The van der Waals surface area contributed by atoms with Gasteiger partial charge in [-0.1, -0.05) is 11.6 Å². The zero-order valence-corrected chi connectivity index (χ0v) is 11.9. The number of hydrogen-bond donors (Lipinski definition) is 1. The monoisotopic (exact) mass is 282 g/mol. The van der Waals surface area contributed by atoms with Crippen molar-refractivity contribution >= 4 is 22.6 Å². The Morgan fingerprint density at radius 3 is 2.95 bits per heavy atom. The summed E-state index contributed by atoms with van der Waals surface area (Å²) in [6.07, 6.45) is 2.43. The van der Waals surface area contributed by atoms with Crippen LogP contribution < -0.4 is 0 Å². The Kier molecular flexibility index (Phi) is 5.19. The Labute approximate surface area is 118 Å². The van der Waals surface area contributed by atoms with E-state index in [9.17, 15) is 0 Å². The average molecular weight is 283 g/mol. The molecule has 104 valence electrons. The quantitative estimate of drug-likeness (QED) is 0.794. The molecule has 19 heavy (non-hydrogen) atoms. The molecule has 0 radical (unpaired) electrons. The predicted molar refractivity (Wildman–Crippen MR) is 76.6 cm³/mol. The number of methoxy groups -OCH3 is 1. The molecule has 0 aliphatic heterocycles. The van der Waals surface area contributed by atoms with E-state index in [2.05, 4.69) is 9.55 Å². The summed E-state index contributed by atoms with van der Waals surface area (Å²) in [7, 11) is 1.70. The van der Waals surface area contributed by atoms with Crippen LogP contribution in [-0.2, 0) is 17.7 Å². The average Bonchev–Trinajstić information content (AvgIpc) is 2.74. The summed E-state index contributed by atoms with van der Waals surface area (Å²) in [6, 6.07) is 5.73. The maximum atomic E-state index is 8.97. The van der Waals surface area contributed by atoms with Gasteiger partial charge in [-0.2, -0.15) is 0 Å². The summed E-state index contributed by atoms with van der Waals surface area (Å²) in [6.45, 7) is 1.76.